The second kappa shape index (κ2) is 5.17. The van der Waals surface area contributed by atoms with Crippen molar-refractivity contribution in [2.75, 3.05) is 18.0 Å². The van der Waals surface area contributed by atoms with Crippen LogP contribution in [-0.2, 0) is 11.3 Å². The van der Waals surface area contributed by atoms with Gasteiger partial charge < -0.3 is 15.5 Å². The molecule has 1 unspecified atom stereocenters. The van der Waals surface area contributed by atoms with Crippen molar-refractivity contribution in [2.24, 2.45) is 0 Å². The lowest BCUT2D eigenvalue weighted by Crippen LogP contribution is -2.54. The fraction of sp³-hybridized carbons (Fsp3) is 0.571. The number of rotatable bonds is 4. The highest BCUT2D eigenvalue weighted by Gasteiger charge is 2.26. The zero-order valence-corrected chi connectivity index (χ0v) is 11.2. The Hall–Kier alpha value is -1.62. The highest BCUT2D eigenvalue weighted by atomic mass is 16.2. The number of nitrogens with one attached hydrogen (secondary N) is 2. The number of nitrogens with zero attached hydrogens (tertiary/aromatic N) is 2. The van der Waals surface area contributed by atoms with E-state index in [1.807, 2.05) is 19.2 Å². The van der Waals surface area contributed by atoms with Crippen molar-refractivity contribution in [3.05, 3.63) is 23.9 Å². The van der Waals surface area contributed by atoms with E-state index in [0.29, 0.717) is 12.6 Å². The second-order valence-electron chi connectivity index (χ2n) is 5.34. The average Bonchev–Trinajstić information content (AvgIpc) is 3.25. The molecule has 1 aliphatic carbocycles. The van der Waals surface area contributed by atoms with E-state index in [1.165, 1.54) is 18.4 Å². The number of aromatic nitrogens is 1. The third-order valence-corrected chi connectivity index (χ3v) is 3.77. The Balaban J connectivity index is 1.65. The quantitative estimate of drug-likeness (QED) is 0.835. The first-order valence-electron chi connectivity index (χ1n) is 6.97. The first-order chi connectivity index (χ1) is 9.24. The zero-order valence-electron chi connectivity index (χ0n) is 11.2. The number of hydrogen-bond acceptors (Lipinski definition) is 4. The van der Waals surface area contributed by atoms with Gasteiger partial charge in [-0.15, -0.1) is 0 Å². The molecule has 3 rings (SSSR count). The fourth-order valence-corrected chi connectivity index (χ4v) is 2.34. The molecule has 0 bridgehead atoms. The van der Waals surface area contributed by atoms with E-state index < -0.39 is 0 Å². The molecule has 1 saturated heterocycles. The summed E-state index contributed by atoms with van der Waals surface area (Å²) in [7, 11) is 0. The van der Waals surface area contributed by atoms with Crippen LogP contribution < -0.4 is 15.5 Å². The lowest BCUT2D eigenvalue weighted by atomic mass is 10.2. The number of hydrogen-bond donors (Lipinski definition) is 2. The smallest absolute Gasteiger partial charge is 0.242 e. The van der Waals surface area contributed by atoms with Gasteiger partial charge in [-0.25, -0.2) is 4.98 Å². The Morgan fingerprint density at radius 1 is 1.47 bits per heavy atom. The van der Waals surface area contributed by atoms with Crippen LogP contribution in [-0.4, -0.2) is 36.1 Å². The highest BCUT2D eigenvalue weighted by Crippen LogP contribution is 2.20. The fourth-order valence-electron chi connectivity index (χ4n) is 2.34. The third-order valence-electron chi connectivity index (χ3n) is 3.77. The molecule has 0 aromatic carbocycles. The van der Waals surface area contributed by atoms with Gasteiger partial charge in [0.2, 0.25) is 5.91 Å². The van der Waals surface area contributed by atoms with Gasteiger partial charge in [-0.2, -0.15) is 0 Å². The third kappa shape index (κ3) is 2.87. The lowest BCUT2D eigenvalue weighted by Gasteiger charge is -2.33. The maximum atomic E-state index is 11.6. The normalized spacial score (nSPS) is 23.3. The number of carbonyl (C=O) groups excluding carboxylic acids is 1. The molecule has 2 fully saturated rings. The summed E-state index contributed by atoms with van der Waals surface area (Å²) in [4.78, 5) is 18.2. The van der Waals surface area contributed by atoms with E-state index in [-0.39, 0.29) is 11.9 Å². The molecule has 1 aromatic heterocycles. The average molecular weight is 260 g/mol. The summed E-state index contributed by atoms with van der Waals surface area (Å²) < 4.78 is 0. The first-order valence-corrected chi connectivity index (χ1v) is 6.97. The van der Waals surface area contributed by atoms with Crippen LogP contribution in [0.1, 0.15) is 25.3 Å². The predicted molar refractivity (Wildman–Crippen MR) is 73.9 cm³/mol. The number of carbonyl (C=O) groups is 1. The van der Waals surface area contributed by atoms with Gasteiger partial charge in [0.1, 0.15) is 11.9 Å². The van der Waals surface area contributed by atoms with E-state index in [1.54, 1.807) is 0 Å². The largest absolute Gasteiger partial charge is 0.353 e. The van der Waals surface area contributed by atoms with Gasteiger partial charge >= 0.3 is 0 Å². The summed E-state index contributed by atoms with van der Waals surface area (Å²) in [5, 5.41) is 6.33. The van der Waals surface area contributed by atoms with Crippen molar-refractivity contribution in [3.63, 3.8) is 0 Å². The van der Waals surface area contributed by atoms with Crippen LogP contribution in [0.3, 0.4) is 0 Å². The van der Waals surface area contributed by atoms with E-state index in [4.69, 9.17) is 0 Å². The SMILES string of the molecule is CC1C(=O)NCCN1c1ccc(CNC2CC2)cn1. The highest BCUT2D eigenvalue weighted by molar-refractivity contribution is 5.85. The monoisotopic (exact) mass is 260 g/mol. The zero-order chi connectivity index (χ0) is 13.2. The molecule has 2 heterocycles. The molecule has 2 aliphatic rings. The molecule has 5 nitrogen and oxygen atoms in total. The minimum atomic E-state index is -0.142. The molecule has 102 valence electrons. The molecule has 1 amide bonds. The molecule has 19 heavy (non-hydrogen) atoms. The van der Waals surface area contributed by atoms with Crippen LogP contribution in [0.2, 0.25) is 0 Å². The Labute approximate surface area is 113 Å². The van der Waals surface area contributed by atoms with Crippen molar-refractivity contribution in [2.45, 2.75) is 38.4 Å². The van der Waals surface area contributed by atoms with Crippen LogP contribution in [0, 0.1) is 0 Å². The van der Waals surface area contributed by atoms with Gasteiger partial charge in [0.15, 0.2) is 0 Å². The molecular formula is C14H20N4O. The van der Waals surface area contributed by atoms with Gasteiger partial charge in [0.25, 0.3) is 0 Å². The maximum absolute atomic E-state index is 11.6. The summed E-state index contributed by atoms with van der Waals surface area (Å²) in [6.07, 6.45) is 4.50. The van der Waals surface area contributed by atoms with Crippen molar-refractivity contribution >= 4 is 11.7 Å². The summed E-state index contributed by atoms with van der Waals surface area (Å²) in [6, 6.07) is 4.68. The van der Waals surface area contributed by atoms with Crippen LogP contribution in [0.5, 0.6) is 0 Å². The van der Waals surface area contributed by atoms with Gasteiger partial charge in [-0.1, -0.05) is 6.07 Å². The maximum Gasteiger partial charge on any atom is 0.242 e. The topological polar surface area (TPSA) is 57.3 Å². The van der Waals surface area contributed by atoms with E-state index in [0.717, 1.165) is 18.9 Å². The van der Waals surface area contributed by atoms with Crippen molar-refractivity contribution in [3.8, 4) is 0 Å². The van der Waals surface area contributed by atoms with Crippen LogP contribution in [0.25, 0.3) is 0 Å². The Kier molecular flexibility index (Phi) is 3.38. The van der Waals surface area contributed by atoms with E-state index in [9.17, 15) is 4.79 Å². The van der Waals surface area contributed by atoms with Crippen molar-refractivity contribution in [1.82, 2.24) is 15.6 Å². The molecule has 1 aromatic rings. The number of pyridine rings is 1. The minimum Gasteiger partial charge on any atom is -0.353 e. The molecule has 0 spiro atoms. The van der Waals surface area contributed by atoms with E-state index >= 15 is 0 Å². The van der Waals surface area contributed by atoms with Gasteiger partial charge in [0.05, 0.1) is 0 Å². The molecule has 2 N–H and O–H groups in total. The lowest BCUT2D eigenvalue weighted by molar-refractivity contribution is -0.122. The van der Waals surface area contributed by atoms with E-state index in [2.05, 4.69) is 26.6 Å². The molecule has 1 atom stereocenters. The number of amides is 1. The minimum absolute atomic E-state index is 0.0764. The summed E-state index contributed by atoms with van der Waals surface area (Å²) >= 11 is 0. The first kappa shape index (κ1) is 12.4. The summed E-state index contributed by atoms with van der Waals surface area (Å²) in [5.74, 6) is 0.963. The number of anilines is 1. The molecule has 1 saturated carbocycles. The molecule has 5 heteroatoms. The van der Waals surface area contributed by atoms with Crippen molar-refractivity contribution < 1.29 is 4.79 Å². The van der Waals surface area contributed by atoms with Crippen LogP contribution in [0.4, 0.5) is 5.82 Å². The Bertz CT molecular complexity index is 455. The Morgan fingerprint density at radius 2 is 2.32 bits per heavy atom. The van der Waals surface area contributed by atoms with Gasteiger partial charge in [-0.05, 0) is 31.4 Å². The predicted octanol–water partition coefficient (Wildman–Crippen LogP) is 0.658. The van der Waals surface area contributed by atoms with Crippen LogP contribution in [0.15, 0.2) is 18.3 Å². The van der Waals surface area contributed by atoms with Crippen LogP contribution >= 0.6 is 0 Å². The van der Waals surface area contributed by atoms with Gasteiger partial charge in [0, 0.05) is 31.9 Å². The number of piperazine rings is 1. The summed E-state index contributed by atoms with van der Waals surface area (Å²) in [6.45, 7) is 4.31. The molecule has 1 aliphatic heterocycles. The summed E-state index contributed by atoms with van der Waals surface area (Å²) in [5.41, 5.74) is 1.20. The standard InChI is InChI=1S/C14H20N4O/c1-10-14(19)15-6-7-18(10)13-5-2-11(9-17-13)8-16-12-3-4-12/h2,5,9-10,12,16H,3-4,6-8H2,1H3,(H,15,19). The second-order valence-corrected chi connectivity index (χ2v) is 5.34. The van der Waals surface area contributed by atoms with Crippen molar-refractivity contribution in [1.29, 1.82) is 0 Å². The molecule has 0 radical (unpaired) electrons. The van der Waals surface area contributed by atoms with Gasteiger partial charge in [-0.3, -0.25) is 4.79 Å². The Morgan fingerprint density at radius 3 is 3.00 bits per heavy atom. The molecular weight excluding hydrogens is 240 g/mol.